The summed E-state index contributed by atoms with van der Waals surface area (Å²) in [6.45, 7) is 8.69. The number of hydrogen-bond acceptors (Lipinski definition) is 7. The van der Waals surface area contributed by atoms with Gasteiger partial charge in [0.1, 0.15) is 12.4 Å². The zero-order valence-corrected chi connectivity index (χ0v) is 21.7. The zero-order chi connectivity index (χ0) is 22.1. The normalized spacial score (nSPS) is 19.7. The van der Waals surface area contributed by atoms with Crippen LogP contribution in [0.4, 0.5) is 0 Å². The lowest BCUT2D eigenvalue weighted by molar-refractivity contribution is -0.122. The van der Waals surface area contributed by atoms with E-state index in [0.717, 1.165) is 69.8 Å². The van der Waals surface area contributed by atoms with E-state index in [9.17, 15) is 4.79 Å². The molecule has 1 unspecified atom stereocenters. The number of aromatic nitrogens is 3. The van der Waals surface area contributed by atoms with Crippen LogP contribution in [0.2, 0.25) is 0 Å². The minimum atomic E-state index is 0. The van der Waals surface area contributed by atoms with Gasteiger partial charge >= 0.3 is 0 Å². The molecule has 3 heterocycles. The molecule has 0 radical (unpaired) electrons. The van der Waals surface area contributed by atoms with Gasteiger partial charge in [0.25, 0.3) is 0 Å². The van der Waals surface area contributed by atoms with Crippen LogP contribution in [-0.4, -0.2) is 109 Å². The molecule has 0 spiro atoms. The van der Waals surface area contributed by atoms with Crippen molar-refractivity contribution in [1.29, 1.82) is 0 Å². The summed E-state index contributed by atoms with van der Waals surface area (Å²) in [5.74, 6) is 2.60. The molecule has 0 aliphatic carbocycles. The van der Waals surface area contributed by atoms with Crippen LogP contribution in [0.15, 0.2) is 4.99 Å². The molecule has 11 nitrogen and oxygen atoms in total. The molecule has 1 aromatic heterocycles. The molecule has 0 aromatic carbocycles. The second-order valence-electron chi connectivity index (χ2n) is 7.98. The van der Waals surface area contributed by atoms with Crippen LogP contribution in [0.5, 0.6) is 0 Å². The largest absolute Gasteiger partial charge is 0.383 e. The molecule has 2 fully saturated rings. The number of methoxy groups -OCH3 is 1. The first-order valence-corrected chi connectivity index (χ1v) is 11.0. The van der Waals surface area contributed by atoms with E-state index in [1.54, 1.807) is 7.11 Å². The monoisotopic (exact) mass is 564 g/mol. The molecule has 2 N–H and O–H groups in total. The standard InChI is InChI=1S/C20H36N8O3.HI/c1-16-24-25-18(26(16)2)14-23-20(22-13-17-5-4-11-31-17)28-9-7-27(8-10-28)15-19(29)21-6-12-30-3;/h17H,4-15H2,1-3H3,(H,21,29)(H,22,23);1H. The maximum absolute atomic E-state index is 12.1. The van der Waals surface area contributed by atoms with Gasteiger partial charge in [-0.05, 0) is 19.8 Å². The Morgan fingerprint density at radius 1 is 1.25 bits per heavy atom. The van der Waals surface area contributed by atoms with Crippen molar-refractivity contribution >= 4 is 35.8 Å². The summed E-state index contributed by atoms with van der Waals surface area (Å²) in [5, 5.41) is 14.7. The molecule has 12 heteroatoms. The van der Waals surface area contributed by atoms with Gasteiger partial charge in [0.2, 0.25) is 5.91 Å². The van der Waals surface area contributed by atoms with Gasteiger partial charge in [-0.1, -0.05) is 0 Å². The number of aliphatic imine (C=N–C) groups is 1. The van der Waals surface area contributed by atoms with Crippen LogP contribution < -0.4 is 10.6 Å². The Kier molecular flexibility index (Phi) is 11.6. The number of rotatable bonds is 9. The minimum Gasteiger partial charge on any atom is -0.383 e. The molecule has 182 valence electrons. The number of carbonyl (C=O) groups is 1. The molecule has 32 heavy (non-hydrogen) atoms. The van der Waals surface area contributed by atoms with Gasteiger partial charge in [-0.15, -0.1) is 34.2 Å². The fourth-order valence-corrected chi connectivity index (χ4v) is 3.68. The van der Waals surface area contributed by atoms with Crippen LogP contribution in [0.3, 0.4) is 0 Å². The summed E-state index contributed by atoms with van der Waals surface area (Å²) in [6.07, 6.45) is 2.43. The average Bonchev–Trinajstić information content (AvgIpc) is 3.40. The predicted molar refractivity (Wildman–Crippen MR) is 132 cm³/mol. The summed E-state index contributed by atoms with van der Waals surface area (Å²) in [6, 6.07) is 0. The second-order valence-corrected chi connectivity index (χ2v) is 7.98. The van der Waals surface area contributed by atoms with E-state index >= 15 is 0 Å². The highest BCUT2D eigenvalue weighted by atomic mass is 127. The SMILES string of the molecule is COCCNC(=O)CN1CCN(C(=NCc2nnc(C)n2C)NCC2CCCO2)CC1.I. The Balaban J connectivity index is 0.00000363. The molecular weight excluding hydrogens is 527 g/mol. The fourth-order valence-electron chi connectivity index (χ4n) is 3.68. The molecule has 1 atom stereocenters. The highest BCUT2D eigenvalue weighted by Crippen LogP contribution is 2.11. The van der Waals surface area contributed by atoms with Gasteiger partial charge in [0.05, 0.1) is 19.3 Å². The molecule has 3 rings (SSSR count). The highest BCUT2D eigenvalue weighted by Gasteiger charge is 2.23. The van der Waals surface area contributed by atoms with E-state index in [4.69, 9.17) is 14.5 Å². The van der Waals surface area contributed by atoms with Crippen molar-refractivity contribution in [3.8, 4) is 0 Å². The maximum Gasteiger partial charge on any atom is 0.234 e. The van der Waals surface area contributed by atoms with Crippen molar-refractivity contribution in [2.45, 2.75) is 32.4 Å². The topological polar surface area (TPSA) is 109 Å². The van der Waals surface area contributed by atoms with E-state index in [0.29, 0.717) is 26.2 Å². The number of piperazine rings is 1. The smallest absolute Gasteiger partial charge is 0.234 e. The van der Waals surface area contributed by atoms with Gasteiger partial charge in [-0.25, -0.2) is 4.99 Å². The number of ether oxygens (including phenoxy) is 2. The third-order valence-corrected chi connectivity index (χ3v) is 5.73. The molecular formula is C20H37IN8O3. The van der Waals surface area contributed by atoms with Crippen molar-refractivity contribution in [3.05, 3.63) is 11.6 Å². The van der Waals surface area contributed by atoms with Gasteiger partial charge in [0, 0.05) is 60.0 Å². The first-order valence-electron chi connectivity index (χ1n) is 11.0. The summed E-state index contributed by atoms with van der Waals surface area (Å²) in [4.78, 5) is 21.3. The lowest BCUT2D eigenvalue weighted by Gasteiger charge is -2.36. The van der Waals surface area contributed by atoms with Crippen molar-refractivity contribution in [3.63, 3.8) is 0 Å². The van der Waals surface area contributed by atoms with E-state index in [1.165, 1.54) is 0 Å². The van der Waals surface area contributed by atoms with E-state index < -0.39 is 0 Å². The maximum atomic E-state index is 12.1. The zero-order valence-electron chi connectivity index (χ0n) is 19.4. The van der Waals surface area contributed by atoms with Crippen LogP contribution in [0, 0.1) is 6.92 Å². The first kappa shape index (κ1) is 26.7. The average molecular weight is 564 g/mol. The lowest BCUT2D eigenvalue weighted by Crippen LogP contribution is -2.54. The van der Waals surface area contributed by atoms with Crippen LogP contribution in [-0.2, 0) is 27.9 Å². The highest BCUT2D eigenvalue weighted by molar-refractivity contribution is 14.0. The number of carbonyl (C=O) groups excluding carboxylic acids is 1. The number of nitrogens with zero attached hydrogens (tertiary/aromatic N) is 6. The summed E-state index contributed by atoms with van der Waals surface area (Å²) in [5.41, 5.74) is 0. The first-order chi connectivity index (χ1) is 15.1. The molecule has 0 bridgehead atoms. The number of aryl methyl sites for hydroxylation is 1. The molecule has 2 aliphatic heterocycles. The predicted octanol–water partition coefficient (Wildman–Crippen LogP) is -0.254. The molecule has 1 amide bonds. The van der Waals surface area contributed by atoms with E-state index in [-0.39, 0.29) is 36.0 Å². The molecule has 2 saturated heterocycles. The Morgan fingerprint density at radius 3 is 2.66 bits per heavy atom. The molecule has 0 saturated carbocycles. The van der Waals surface area contributed by atoms with Crippen molar-refractivity contribution in [2.75, 3.05) is 66.1 Å². The Labute approximate surface area is 207 Å². The van der Waals surface area contributed by atoms with E-state index in [2.05, 4.69) is 30.6 Å². The van der Waals surface area contributed by atoms with Crippen LogP contribution >= 0.6 is 24.0 Å². The fraction of sp³-hybridized carbons (Fsp3) is 0.800. The van der Waals surface area contributed by atoms with Gasteiger partial charge in [0.15, 0.2) is 11.8 Å². The lowest BCUT2D eigenvalue weighted by atomic mass is 10.2. The third kappa shape index (κ3) is 8.12. The summed E-state index contributed by atoms with van der Waals surface area (Å²) in [7, 11) is 3.58. The van der Waals surface area contributed by atoms with Crippen LogP contribution in [0.1, 0.15) is 24.5 Å². The Morgan fingerprint density at radius 2 is 2.03 bits per heavy atom. The van der Waals surface area contributed by atoms with Gasteiger partial charge in [-0.2, -0.15) is 0 Å². The Hall–Kier alpha value is -1.51. The third-order valence-electron chi connectivity index (χ3n) is 5.73. The van der Waals surface area contributed by atoms with Crippen molar-refractivity contribution in [2.24, 2.45) is 12.0 Å². The van der Waals surface area contributed by atoms with E-state index in [1.807, 2.05) is 18.5 Å². The van der Waals surface area contributed by atoms with Gasteiger partial charge in [-0.3, -0.25) is 9.69 Å². The van der Waals surface area contributed by atoms with Crippen LogP contribution in [0.25, 0.3) is 0 Å². The number of amides is 1. The number of halogens is 1. The summed E-state index contributed by atoms with van der Waals surface area (Å²) >= 11 is 0. The Bertz CT molecular complexity index is 730. The van der Waals surface area contributed by atoms with Gasteiger partial charge < -0.3 is 29.6 Å². The van der Waals surface area contributed by atoms with Crippen molar-refractivity contribution < 1.29 is 14.3 Å². The number of hydrogen-bond donors (Lipinski definition) is 2. The molecule has 1 aromatic rings. The summed E-state index contributed by atoms with van der Waals surface area (Å²) < 4.78 is 12.7. The number of nitrogens with one attached hydrogen (secondary N) is 2. The minimum absolute atomic E-state index is 0. The van der Waals surface area contributed by atoms with Crippen molar-refractivity contribution in [1.82, 2.24) is 35.2 Å². The molecule has 2 aliphatic rings. The quantitative estimate of drug-likeness (QED) is 0.183. The number of guanidine groups is 1. The second kappa shape index (κ2) is 13.9.